The van der Waals surface area contributed by atoms with Crippen molar-refractivity contribution in [3.05, 3.63) is 52.2 Å². The number of carbonyl (C=O) groups is 1. The summed E-state index contributed by atoms with van der Waals surface area (Å²) in [5, 5.41) is 11.0. The van der Waals surface area contributed by atoms with E-state index >= 15 is 0 Å². The van der Waals surface area contributed by atoms with E-state index in [0.29, 0.717) is 19.6 Å². The highest BCUT2D eigenvalue weighted by Crippen LogP contribution is 2.29. The number of nitrogens with zero attached hydrogens (tertiary/aromatic N) is 2. The zero-order valence-electron chi connectivity index (χ0n) is 14.4. The van der Waals surface area contributed by atoms with Crippen molar-refractivity contribution in [2.45, 2.75) is 24.3 Å². The molecule has 1 aliphatic heterocycles. The molecule has 1 aliphatic rings. The van der Waals surface area contributed by atoms with Crippen molar-refractivity contribution in [2.75, 3.05) is 26.2 Å². The Balaban J connectivity index is 1.87. The number of hydrogen-bond acceptors (Lipinski definition) is 5. The van der Waals surface area contributed by atoms with Gasteiger partial charge in [0, 0.05) is 26.2 Å². The number of sulfonamides is 1. The lowest BCUT2D eigenvalue weighted by Crippen LogP contribution is -2.34. The van der Waals surface area contributed by atoms with Crippen LogP contribution in [0.3, 0.4) is 0 Å². The van der Waals surface area contributed by atoms with E-state index in [-0.39, 0.29) is 28.8 Å². The first-order valence-corrected chi connectivity index (χ1v) is 10.9. The molecule has 6 nitrogen and oxygen atoms in total. The Morgan fingerprint density at radius 1 is 1.15 bits per heavy atom. The molecule has 0 unspecified atom stereocenters. The van der Waals surface area contributed by atoms with Crippen LogP contribution in [0.5, 0.6) is 0 Å². The van der Waals surface area contributed by atoms with Gasteiger partial charge in [0.25, 0.3) is 5.91 Å². The maximum absolute atomic E-state index is 13.0. The normalized spacial score (nSPS) is 15.3. The van der Waals surface area contributed by atoms with E-state index < -0.39 is 10.0 Å². The maximum atomic E-state index is 13.0. The molecule has 2 aromatic rings. The van der Waals surface area contributed by atoms with Crippen molar-refractivity contribution < 1.29 is 18.3 Å². The van der Waals surface area contributed by atoms with Crippen LogP contribution in [-0.2, 0) is 16.6 Å². The van der Waals surface area contributed by atoms with Crippen molar-refractivity contribution in [1.82, 2.24) is 9.21 Å². The SMILES string of the molecule is O=C(c1sccc1S(=O)(=O)N1CCCC1)N(CCO)Cc1ccccc1. The van der Waals surface area contributed by atoms with E-state index in [0.717, 1.165) is 29.7 Å². The lowest BCUT2D eigenvalue weighted by molar-refractivity contribution is 0.0709. The molecule has 0 spiro atoms. The fourth-order valence-electron chi connectivity index (χ4n) is 3.04. The van der Waals surface area contributed by atoms with Gasteiger partial charge in [0.1, 0.15) is 9.77 Å². The van der Waals surface area contributed by atoms with E-state index in [1.54, 1.807) is 5.38 Å². The second-order valence-corrected chi connectivity index (χ2v) is 8.98. The molecule has 1 N–H and O–H groups in total. The number of thiophene rings is 1. The average molecular weight is 395 g/mol. The first-order valence-electron chi connectivity index (χ1n) is 8.55. The van der Waals surface area contributed by atoms with E-state index in [1.807, 2.05) is 30.3 Å². The van der Waals surface area contributed by atoms with Gasteiger partial charge in [0.2, 0.25) is 10.0 Å². The quantitative estimate of drug-likeness (QED) is 0.781. The Kier molecular flexibility index (Phi) is 6.08. The summed E-state index contributed by atoms with van der Waals surface area (Å²) < 4.78 is 27.2. The van der Waals surface area contributed by atoms with Crippen LogP contribution >= 0.6 is 11.3 Å². The third-order valence-electron chi connectivity index (χ3n) is 4.38. The largest absolute Gasteiger partial charge is 0.395 e. The van der Waals surface area contributed by atoms with Crippen LogP contribution in [0.2, 0.25) is 0 Å². The summed E-state index contributed by atoms with van der Waals surface area (Å²) in [6, 6.07) is 10.9. The van der Waals surface area contributed by atoms with Crippen LogP contribution in [0.4, 0.5) is 0 Å². The van der Waals surface area contributed by atoms with Gasteiger partial charge in [-0.25, -0.2) is 8.42 Å². The topological polar surface area (TPSA) is 77.9 Å². The molecule has 0 aliphatic carbocycles. The van der Waals surface area contributed by atoms with Crippen molar-refractivity contribution in [1.29, 1.82) is 0 Å². The van der Waals surface area contributed by atoms with Gasteiger partial charge in [-0.2, -0.15) is 4.31 Å². The minimum Gasteiger partial charge on any atom is -0.395 e. The van der Waals surface area contributed by atoms with Gasteiger partial charge >= 0.3 is 0 Å². The standard InChI is InChI=1S/C18H22N2O4S2/c21-12-11-19(14-15-6-2-1-3-7-15)18(22)17-16(8-13-25-17)26(23,24)20-9-4-5-10-20/h1-3,6-8,13,21H,4-5,9-12,14H2. The van der Waals surface area contributed by atoms with Crippen LogP contribution in [0.25, 0.3) is 0 Å². The van der Waals surface area contributed by atoms with Crippen molar-refractivity contribution in [3.8, 4) is 0 Å². The highest BCUT2D eigenvalue weighted by molar-refractivity contribution is 7.89. The number of benzene rings is 1. The minimum absolute atomic E-state index is 0.0744. The predicted molar refractivity (Wildman–Crippen MR) is 101 cm³/mol. The van der Waals surface area contributed by atoms with Gasteiger partial charge in [-0.1, -0.05) is 30.3 Å². The number of aliphatic hydroxyl groups is 1. The summed E-state index contributed by atoms with van der Waals surface area (Å²) in [4.78, 5) is 14.8. The minimum atomic E-state index is -3.66. The van der Waals surface area contributed by atoms with E-state index in [4.69, 9.17) is 0 Å². The fraction of sp³-hybridized carbons (Fsp3) is 0.389. The fourth-order valence-corrected chi connectivity index (χ4v) is 5.92. The first kappa shape index (κ1) is 19.0. The van der Waals surface area contributed by atoms with Crippen LogP contribution in [-0.4, -0.2) is 54.9 Å². The van der Waals surface area contributed by atoms with Crippen LogP contribution in [0.15, 0.2) is 46.7 Å². The van der Waals surface area contributed by atoms with E-state index in [1.165, 1.54) is 15.3 Å². The Bertz CT molecular complexity index is 843. The molecule has 1 fully saturated rings. The van der Waals surface area contributed by atoms with Crippen LogP contribution in [0, 0.1) is 0 Å². The average Bonchev–Trinajstić information content (AvgIpc) is 3.33. The molecule has 1 aromatic carbocycles. The molecular weight excluding hydrogens is 372 g/mol. The molecule has 0 radical (unpaired) electrons. The van der Waals surface area contributed by atoms with Gasteiger partial charge < -0.3 is 10.0 Å². The molecule has 0 bridgehead atoms. The molecule has 8 heteroatoms. The predicted octanol–water partition coefficient (Wildman–Crippen LogP) is 2.17. The van der Waals surface area contributed by atoms with Crippen molar-refractivity contribution >= 4 is 27.3 Å². The molecule has 1 amide bonds. The summed E-state index contributed by atoms with van der Waals surface area (Å²) in [7, 11) is -3.66. The molecule has 140 valence electrons. The lowest BCUT2D eigenvalue weighted by atomic mass is 10.2. The molecule has 1 aromatic heterocycles. The number of carbonyl (C=O) groups excluding carboxylic acids is 1. The first-order chi connectivity index (χ1) is 12.5. The molecular formula is C18H22N2O4S2. The molecule has 0 saturated carbocycles. The highest BCUT2D eigenvalue weighted by atomic mass is 32.2. The summed E-state index contributed by atoms with van der Waals surface area (Å²) in [5.74, 6) is -0.365. The van der Waals surface area contributed by atoms with Crippen LogP contribution < -0.4 is 0 Å². The zero-order valence-corrected chi connectivity index (χ0v) is 16.0. The number of amides is 1. The summed E-state index contributed by atoms with van der Waals surface area (Å²) >= 11 is 1.13. The second kappa shape index (κ2) is 8.30. The molecule has 3 rings (SSSR count). The third kappa shape index (κ3) is 3.98. The maximum Gasteiger partial charge on any atom is 0.265 e. The summed E-state index contributed by atoms with van der Waals surface area (Å²) in [5.41, 5.74) is 0.926. The zero-order chi connectivity index (χ0) is 18.6. The van der Waals surface area contributed by atoms with Gasteiger partial charge in [-0.3, -0.25) is 4.79 Å². The summed E-state index contributed by atoms with van der Waals surface area (Å²) in [6.07, 6.45) is 1.69. The lowest BCUT2D eigenvalue weighted by Gasteiger charge is -2.23. The van der Waals surface area contributed by atoms with E-state index in [2.05, 4.69) is 0 Å². The number of aliphatic hydroxyl groups excluding tert-OH is 1. The number of rotatable bonds is 7. The molecule has 26 heavy (non-hydrogen) atoms. The Morgan fingerprint density at radius 3 is 2.50 bits per heavy atom. The van der Waals surface area contributed by atoms with Gasteiger partial charge in [0.15, 0.2) is 0 Å². The van der Waals surface area contributed by atoms with Crippen molar-refractivity contribution in [3.63, 3.8) is 0 Å². The Morgan fingerprint density at radius 2 is 1.85 bits per heavy atom. The van der Waals surface area contributed by atoms with Gasteiger partial charge in [-0.05, 0) is 29.9 Å². The van der Waals surface area contributed by atoms with Gasteiger partial charge in [-0.15, -0.1) is 11.3 Å². The highest BCUT2D eigenvalue weighted by Gasteiger charge is 2.33. The van der Waals surface area contributed by atoms with E-state index in [9.17, 15) is 18.3 Å². The molecule has 0 atom stereocenters. The third-order valence-corrected chi connectivity index (χ3v) is 7.35. The monoisotopic (exact) mass is 394 g/mol. The molecule has 2 heterocycles. The van der Waals surface area contributed by atoms with Gasteiger partial charge in [0.05, 0.1) is 6.61 Å². The number of hydrogen-bond donors (Lipinski definition) is 1. The molecule has 1 saturated heterocycles. The Labute approximate surface area is 157 Å². The Hall–Kier alpha value is -1.74. The van der Waals surface area contributed by atoms with Crippen molar-refractivity contribution in [2.24, 2.45) is 0 Å². The summed E-state index contributed by atoms with van der Waals surface area (Å²) in [6.45, 7) is 1.28. The van der Waals surface area contributed by atoms with Crippen LogP contribution in [0.1, 0.15) is 28.1 Å². The smallest absolute Gasteiger partial charge is 0.265 e. The second-order valence-electron chi connectivity index (χ2n) is 6.16.